The second-order valence-corrected chi connectivity index (χ2v) is 6.41. The molecule has 0 N–H and O–H groups in total. The number of carbonyl (C=O) groups excluding carboxylic acids is 2. The minimum Gasteiger partial charge on any atom is -0.275 e. The standard InChI is InChI=1S/C8H5Br2NO2S/c1-2-11-7(12)3-4(8(11)13)6(10)14-5(3)9/h2H2,1H3. The molecule has 3 nitrogen and oxygen atoms in total. The molecule has 2 heterocycles. The number of imide groups is 1. The zero-order chi connectivity index (χ0) is 10.5. The molecule has 6 heteroatoms. The van der Waals surface area contributed by atoms with E-state index in [1.807, 2.05) is 0 Å². The van der Waals surface area contributed by atoms with Gasteiger partial charge in [0.25, 0.3) is 11.8 Å². The van der Waals surface area contributed by atoms with Crippen LogP contribution in [-0.4, -0.2) is 23.3 Å². The summed E-state index contributed by atoms with van der Waals surface area (Å²) in [6, 6.07) is 0. The molecule has 0 fully saturated rings. The summed E-state index contributed by atoms with van der Waals surface area (Å²) in [4.78, 5) is 24.7. The van der Waals surface area contributed by atoms with Crippen molar-refractivity contribution in [3.05, 3.63) is 18.7 Å². The fraction of sp³-hybridized carbons (Fsp3) is 0.250. The largest absolute Gasteiger partial charge is 0.275 e. The number of hydrogen-bond donors (Lipinski definition) is 0. The van der Waals surface area contributed by atoms with Crippen molar-refractivity contribution >= 4 is 55.0 Å². The fourth-order valence-corrected chi connectivity index (χ4v) is 4.51. The van der Waals surface area contributed by atoms with E-state index in [0.29, 0.717) is 25.2 Å². The smallest absolute Gasteiger partial charge is 0.263 e. The van der Waals surface area contributed by atoms with E-state index >= 15 is 0 Å². The molecule has 0 atom stereocenters. The highest BCUT2D eigenvalue weighted by molar-refractivity contribution is 9.12. The quantitative estimate of drug-likeness (QED) is 0.738. The molecule has 14 heavy (non-hydrogen) atoms. The molecule has 0 spiro atoms. The summed E-state index contributed by atoms with van der Waals surface area (Å²) in [6.07, 6.45) is 0. The van der Waals surface area contributed by atoms with Crippen LogP contribution >= 0.6 is 43.2 Å². The Labute approximate surface area is 101 Å². The lowest BCUT2D eigenvalue weighted by atomic mass is 10.2. The first kappa shape index (κ1) is 10.3. The molecule has 0 aliphatic carbocycles. The number of hydrogen-bond acceptors (Lipinski definition) is 3. The second kappa shape index (κ2) is 3.43. The van der Waals surface area contributed by atoms with Crippen molar-refractivity contribution in [3.8, 4) is 0 Å². The Hall–Kier alpha value is -0.200. The minimum absolute atomic E-state index is 0.207. The summed E-state index contributed by atoms with van der Waals surface area (Å²) >= 11 is 7.92. The van der Waals surface area contributed by atoms with Crippen molar-refractivity contribution in [2.75, 3.05) is 6.54 Å². The predicted octanol–water partition coefficient (Wildman–Crippen LogP) is 2.89. The maximum absolute atomic E-state index is 11.7. The van der Waals surface area contributed by atoms with Gasteiger partial charge in [0, 0.05) is 6.54 Å². The van der Waals surface area contributed by atoms with Gasteiger partial charge in [-0.15, -0.1) is 11.3 Å². The van der Waals surface area contributed by atoms with Crippen molar-refractivity contribution in [2.45, 2.75) is 6.92 Å². The number of fused-ring (bicyclic) bond motifs is 1. The summed E-state index contributed by atoms with van der Waals surface area (Å²) in [5, 5.41) is 0. The molecule has 1 aromatic rings. The number of thiophene rings is 1. The molecule has 1 aromatic heterocycles. The molecule has 0 saturated heterocycles. The molecular weight excluding hydrogens is 334 g/mol. The van der Waals surface area contributed by atoms with E-state index in [1.54, 1.807) is 6.92 Å². The Morgan fingerprint density at radius 1 is 1.14 bits per heavy atom. The van der Waals surface area contributed by atoms with E-state index in [2.05, 4.69) is 31.9 Å². The first-order valence-corrected chi connectivity index (χ1v) is 6.32. The van der Waals surface area contributed by atoms with Crippen LogP contribution in [0.4, 0.5) is 0 Å². The van der Waals surface area contributed by atoms with Crippen LogP contribution in [0.1, 0.15) is 27.6 Å². The minimum atomic E-state index is -0.207. The highest BCUT2D eigenvalue weighted by Crippen LogP contribution is 2.41. The van der Waals surface area contributed by atoms with Crippen LogP contribution in [0.3, 0.4) is 0 Å². The second-order valence-electron chi connectivity index (χ2n) is 2.75. The van der Waals surface area contributed by atoms with Gasteiger partial charge in [0.15, 0.2) is 0 Å². The normalized spacial score (nSPS) is 15.2. The molecule has 2 amide bonds. The molecule has 2 rings (SSSR count). The van der Waals surface area contributed by atoms with Gasteiger partial charge >= 0.3 is 0 Å². The van der Waals surface area contributed by atoms with Crippen LogP contribution in [0.25, 0.3) is 0 Å². The summed E-state index contributed by atoms with van der Waals surface area (Å²) in [5.41, 5.74) is 0.988. The predicted molar refractivity (Wildman–Crippen MR) is 60.8 cm³/mol. The van der Waals surface area contributed by atoms with Gasteiger partial charge in [-0.1, -0.05) is 0 Å². The van der Waals surface area contributed by atoms with Crippen LogP contribution in [0.2, 0.25) is 0 Å². The van der Waals surface area contributed by atoms with Gasteiger partial charge in [-0.3, -0.25) is 14.5 Å². The van der Waals surface area contributed by atoms with Gasteiger partial charge in [0.1, 0.15) is 0 Å². The van der Waals surface area contributed by atoms with Crippen LogP contribution in [0.5, 0.6) is 0 Å². The molecular formula is C8H5Br2NO2S. The number of halogens is 2. The third-order valence-corrected chi connectivity index (χ3v) is 4.59. The average Bonchev–Trinajstić information content (AvgIpc) is 2.53. The van der Waals surface area contributed by atoms with E-state index in [9.17, 15) is 9.59 Å². The number of nitrogens with zero attached hydrogens (tertiary/aromatic N) is 1. The van der Waals surface area contributed by atoms with Crippen LogP contribution in [0.15, 0.2) is 7.57 Å². The third-order valence-electron chi connectivity index (χ3n) is 2.06. The summed E-state index contributed by atoms with van der Waals surface area (Å²) in [6.45, 7) is 2.20. The number of amides is 2. The third kappa shape index (κ3) is 1.20. The van der Waals surface area contributed by atoms with Gasteiger partial charge in [-0.2, -0.15) is 0 Å². The molecule has 0 saturated carbocycles. The lowest BCUT2D eigenvalue weighted by Gasteiger charge is -2.09. The highest BCUT2D eigenvalue weighted by atomic mass is 79.9. The Kier molecular flexibility index (Phi) is 2.53. The molecule has 0 radical (unpaired) electrons. The van der Waals surface area contributed by atoms with Crippen LogP contribution in [-0.2, 0) is 0 Å². The Bertz CT molecular complexity index is 404. The van der Waals surface area contributed by atoms with Crippen molar-refractivity contribution in [1.29, 1.82) is 0 Å². The topological polar surface area (TPSA) is 37.4 Å². The van der Waals surface area contributed by atoms with Gasteiger partial charge < -0.3 is 0 Å². The Balaban J connectivity index is 2.65. The van der Waals surface area contributed by atoms with Crippen molar-refractivity contribution in [2.24, 2.45) is 0 Å². The fourth-order valence-electron chi connectivity index (χ4n) is 1.41. The first-order chi connectivity index (χ1) is 6.57. The molecule has 0 bridgehead atoms. The average molecular weight is 339 g/mol. The molecule has 0 unspecified atom stereocenters. The lowest BCUT2D eigenvalue weighted by Crippen LogP contribution is -2.29. The maximum Gasteiger partial charge on any atom is 0.263 e. The van der Waals surface area contributed by atoms with E-state index in [4.69, 9.17) is 0 Å². The van der Waals surface area contributed by atoms with Crippen LogP contribution in [0, 0.1) is 0 Å². The lowest BCUT2D eigenvalue weighted by molar-refractivity contribution is 0.0662. The summed E-state index contributed by atoms with van der Waals surface area (Å²) in [5.74, 6) is -0.414. The number of carbonyl (C=O) groups is 2. The maximum atomic E-state index is 11.7. The molecule has 1 aliphatic heterocycles. The molecule has 74 valence electrons. The Morgan fingerprint density at radius 3 is 1.93 bits per heavy atom. The van der Waals surface area contributed by atoms with Crippen LogP contribution < -0.4 is 0 Å². The van der Waals surface area contributed by atoms with E-state index in [0.717, 1.165) is 0 Å². The van der Waals surface area contributed by atoms with Crippen molar-refractivity contribution < 1.29 is 9.59 Å². The van der Waals surface area contributed by atoms with Gasteiger partial charge in [0.05, 0.1) is 18.7 Å². The number of rotatable bonds is 1. The van der Waals surface area contributed by atoms with Crippen molar-refractivity contribution in [1.82, 2.24) is 4.90 Å². The summed E-state index contributed by atoms with van der Waals surface area (Å²) < 4.78 is 1.43. The molecule has 0 aromatic carbocycles. The first-order valence-electron chi connectivity index (χ1n) is 3.92. The van der Waals surface area contributed by atoms with Gasteiger partial charge in [-0.05, 0) is 38.8 Å². The monoisotopic (exact) mass is 337 g/mol. The highest BCUT2D eigenvalue weighted by Gasteiger charge is 2.39. The summed E-state index contributed by atoms with van der Waals surface area (Å²) in [7, 11) is 0. The van der Waals surface area contributed by atoms with E-state index in [-0.39, 0.29) is 11.8 Å². The zero-order valence-corrected chi connectivity index (χ0v) is 11.1. The molecule has 1 aliphatic rings. The van der Waals surface area contributed by atoms with E-state index in [1.165, 1.54) is 16.2 Å². The Morgan fingerprint density at radius 2 is 1.57 bits per heavy atom. The van der Waals surface area contributed by atoms with Gasteiger partial charge in [0.2, 0.25) is 0 Å². The van der Waals surface area contributed by atoms with Gasteiger partial charge in [-0.25, -0.2) is 0 Å². The van der Waals surface area contributed by atoms with E-state index < -0.39 is 0 Å². The SMILES string of the molecule is CCN1C(=O)c2c(Br)sc(Br)c2C1=O. The zero-order valence-electron chi connectivity index (χ0n) is 7.13. The van der Waals surface area contributed by atoms with Crippen molar-refractivity contribution in [3.63, 3.8) is 0 Å².